The van der Waals surface area contributed by atoms with Crippen molar-refractivity contribution in [3.05, 3.63) is 315 Å². The molecule has 0 amide bonds. The largest absolute Gasteiger partial charge is 0.334 e. The highest BCUT2D eigenvalue weighted by molar-refractivity contribution is 8.04. The molecule has 0 N–H and O–H groups in total. The summed E-state index contributed by atoms with van der Waals surface area (Å²) in [5.74, 6) is 1.22. The van der Waals surface area contributed by atoms with E-state index in [2.05, 4.69) is 266 Å². The lowest BCUT2D eigenvalue weighted by Gasteiger charge is -2.42. The lowest BCUT2D eigenvalue weighted by molar-refractivity contribution is 0.606. The Labute approximate surface area is 436 Å². The monoisotopic (exact) mass is 957 g/mol. The Kier molecular flexibility index (Phi) is 11.3. The average molecular weight is 958 g/mol. The molecule has 8 aliphatic carbocycles. The van der Waals surface area contributed by atoms with E-state index in [9.17, 15) is 0 Å². The van der Waals surface area contributed by atoms with E-state index < -0.39 is 0 Å². The first kappa shape index (κ1) is 44.3. The summed E-state index contributed by atoms with van der Waals surface area (Å²) in [5, 5.41) is 0.427. The molecular weight excluding hydrogens is 899 g/mol. The quantitative estimate of drug-likeness (QED) is 0.145. The van der Waals surface area contributed by atoms with Crippen LogP contribution < -0.4 is 4.90 Å². The molecule has 7 atom stereocenters. The molecule has 9 aliphatic rings. The van der Waals surface area contributed by atoms with E-state index in [-0.39, 0.29) is 23.3 Å². The molecule has 0 radical (unpaired) electrons. The molecule has 354 valence electrons. The Balaban J connectivity index is 0.943. The zero-order chi connectivity index (χ0) is 48.3. The van der Waals surface area contributed by atoms with Gasteiger partial charge in [-0.2, -0.15) is 0 Å². The second-order valence-electron chi connectivity index (χ2n) is 21.0. The third kappa shape index (κ3) is 7.51. The molecule has 5 aromatic carbocycles. The second-order valence-corrected chi connectivity index (χ2v) is 22.2. The van der Waals surface area contributed by atoms with Gasteiger partial charge < -0.3 is 4.90 Å². The Bertz CT molecular complexity index is 3500. The first-order valence-corrected chi connectivity index (χ1v) is 27.7. The first-order valence-electron chi connectivity index (χ1n) is 26.8. The highest BCUT2D eigenvalue weighted by atomic mass is 32.2. The number of thioether (sulfide) groups is 1. The SMILES string of the molecule is C1=CCCC(C2(c3ccccc3)C3=CC=CC(N(c4ccc(C5=C(C6=CC7SC8=CCCC=C8C7C=C6)C6=CC=CCC6C=C5)cc4)c4cc(-c5ccccc5)cc(C5C=CC=CC5)c4)C3c3ccccc32)=C1. The molecule has 2 heteroatoms. The summed E-state index contributed by atoms with van der Waals surface area (Å²) in [6.45, 7) is 0. The fourth-order valence-corrected chi connectivity index (χ4v) is 15.3. The van der Waals surface area contributed by atoms with E-state index in [1.165, 1.54) is 88.7 Å². The number of nitrogens with zero attached hydrogens (tertiary/aromatic N) is 1. The van der Waals surface area contributed by atoms with Crippen LogP contribution >= 0.6 is 11.8 Å². The normalized spacial score (nSPS) is 26.9. The smallest absolute Gasteiger partial charge is 0.0637 e. The van der Waals surface area contributed by atoms with E-state index in [4.69, 9.17) is 0 Å². The molecule has 1 heterocycles. The zero-order valence-electron chi connectivity index (χ0n) is 41.2. The van der Waals surface area contributed by atoms with Crippen LogP contribution in [0.5, 0.6) is 0 Å². The minimum absolute atomic E-state index is 0.0226. The van der Waals surface area contributed by atoms with Gasteiger partial charge in [-0.05, 0) is 135 Å². The molecule has 5 aromatic rings. The number of benzene rings is 5. The van der Waals surface area contributed by atoms with Crippen molar-refractivity contribution in [2.24, 2.45) is 11.8 Å². The van der Waals surface area contributed by atoms with Gasteiger partial charge in [0.05, 0.1) is 11.5 Å². The predicted molar refractivity (Wildman–Crippen MR) is 309 cm³/mol. The number of hydrogen-bond donors (Lipinski definition) is 0. The number of rotatable bonds is 9. The summed E-state index contributed by atoms with van der Waals surface area (Å²) in [6.07, 6.45) is 54.4. The van der Waals surface area contributed by atoms with Crippen molar-refractivity contribution >= 4 is 28.7 Å². The van der Waals surface area contributed by atoms with Gasteiger partial charge in [0.2, 0.25) is 0 Å². The summed E-state index contributed by atoms with van der Waals surface area (Å²) in [7, 11) is 0. The molecule has 1 nitrogen and oxygen atoms in total. The van der Waals surface area contributed by atoms with Crippen LogP contribution in [0.25, 0.3) is 16.7 Å². The Morgan fingerprint density at radius 3 is 2.22 bits per heavy atom. The molecule has 1 saturated heterocycles. The third-order valence-electron chi connectivity index (χ3n) is 17.1. The molecule has 0 aromatic heterocycles. The van der Waals surface area contributed by atoms with Crippen LogP contribution in [0.2, 0.25) is 0 Å². The fourth-order valence-electron chi connectivity index (χ4n) is 13.8. The van der Waals surface area contributed by atoms with Gasteiger partial charge in [0.25, 0.3) is 0 Å². The van der Waals surface area contributed by atoms with Crippen LogP contribution in [0.4, 0.5) is 11.4 Å². The highest BCUT2D eigenvalue weighted by Crippen LogP contribution is 2.62. The number of hydrogen-bond acceptors (Lipinski definition) is 2. The fraction of sp³-hybridized carbons (Fsp3) is 0.183. The van der Waals surface area contributed by atoms with E-state index in [1.807, 2.05) is 0 Å². The molecule has 1 fully saturated rings. The van der Waals surface area contributed by atoms with Crippen molar-refractivity contribution in [3.8, 4) is 11.1 Å². The standard InChI is InChI=1S/C71H59NS/c1-5-20-48(21-6-1)53-44-54(49-22-7-2-8-23-49)46-58(45-53)72(66-34-19-33-65-70(66)63-31-15-17-32-64(63)71(65,55-25-9-3-10-26-55)56-27-11-4-12-28-56)57-40-36-51(37-41-57)60-42-38-50-24-13-14-29-59(50)69(60)52-39-43-62-61-30-16-18-35-67(61)73-68(62)47-52/h1-11,13-15,17,19-22,25-27,29-47,49-50,62,66,68,70H,12,16,18,23-24,28H2. The minimum Gasteiger partial charge on any atom is -0.334 e. The van der Waals surface area contributed by atoms with E-state index >= 15 is 0 Å². The van der Waals surface area contributed by atoms with Crippen molar-refractivity contribution in [2.75, 3.05) is 4.90 Å². The molecule has 73 heavy (non-hydrogen) atoms. The van der Waals surface area contributed by atoms with Gasteiger partial charge >= 0.3 is 0 Å². The van der Waals surface area contributed by atoms with Crippen LogP contribution in [0.3, 0.4) is 0 Å². The number of allylic oxidation sites excluding steroid dienone is 24. The Morgan fingerprint density at radius 2 is 1.37 bits per heavy atom. The van der Waals surface area contributed by atoms with Crippen LogP contribution in [-0.2, 0) is 5.41 Å². The molecule has 7 unspecified atom stereocenters. The van der Waals surface area contributed by atoms with Crippen LogP contribution in [-0.4, -0.2) is 11.3 Å². The van der Waals surface area contributed by atoms with Gasteiger partial charge in [0.15, 0.2) is 0 Å². The average Bonchev–Trinajstić information content (AvgIpc) is 4.05. The summed E-state index contributed by atoms with van der Waals surface area (Å²) < 4.78 is 0. The highest BCUT2D eigenvalue weighted by Gasteiger charge is 2.54. The molecule has 14 rings (SSSR count). The van der Waals surface area contributed by atoms with Crippen molar-refractivity contribution in [3.63, 3.8) is 0 Å². The van der Waals surface area contributed by atoms with Gasteiger partial charge in [-0.1, -0.05) is 230 Å². The predicted octanol–water partition coefficient (Wildman–Crippen LogP) is 18.0. The van der Waals surface area contributed by atoms with Gasteiger partial charge in [0, 0.05) is 45.2 Å². The Hall–Kier alpha value is -7.39. The van der Waals surface area contributed by atoms with E-state index in [0.29, 0.717) is 17.1 Å². The molecule has 0 bridgehead atoms. The minimum atomic E-state index is -0.385. The maximum Gasteiger partial charge on any atom is 0.0637 e. The van der Waals surface area contributed by atoms with Crippen molar-refractivity contribution in [1.82, 2.24) is 0 Å². The van der Waals surface area contributed by atoms with Crippen LogP contribution in [0.15, 0.2) is 287 Å². The Morgan fingerprint density at radius 1 is 0.562 bits per heavy atom. The zero-order valence-corrected chi connectivity index (χ0v) is 42.1. The lowest BCUT2D eigenvalue weighted by atomic mass is 9.63. The van der Waals surface area contributed by atoms with Crippen molar-refractivity contribution in [2.45, 2.75) is 67.1 Å². The number of anilines is 2. The molecule has 0 saturated carbocycles. The van der Waals surface area contributed by atoms with Crippen LogP contribution in [0.1, 0.15) is 78.2 Å². The first-order chi connectivity index (χ1) is 36.2. The van der Waals surface area contributed by atoms with Crippen LogP contribution in [0, 0.1) is 11.8 Å². The van der Waals surface area contributed by atoms with Gasteiger partial charge in [-0.15, -0.1) is 11.8 Å². The molecule has 1 aliphatic heterocycles. The van der Waals surface area contributed by atoms with Crippen molar-refractivity contribution < 1.29 is 0 Å². The summed E-state index contributed by atoms with van der Waals surface area (Å²) in [5.41, 5.74) is 21.2. The number of fused-ring (bicyclic) bond motifs is 7. The van der Waals surface area contributed by atoms with Gasteiger partial charge in [-0.3, -0.25) is 0 Å². The van der Waals surface area contributed by atoms with Gasteiger partial charge in [0.1, 0.15) is 0 Å². The van der Waals surface area contributed by atoms with E-state index in [1.54, 1.807) is 5.57 Å². The van der Waals surface area contributed by atoms with Crippen molar-refractivity contribution in [1.29, 1.82) is 0 Å². The summed E-state index contributed by atoms with van der Waals surface area (Å²) in [4.78, 5) is 4.20. The maximum absolute atomic E-state index is 2.70. The third-order valence-corrected chi connectivity index (χ3v) is 18.4. The maximum atomic E-state index is 2.70. The summed E-state index contributed by atoms with van der Waals surface area (Å²) in [6, 6.07) is 48.9. The van der Waals surface area contributed by atoms with E-state index in [0.717, 1.165) is 38.5 Å². The van der Waals surface area contributed by atoms with Gasteiger partial charge in [-0.25, -0.2) is 0 Å². The molecular formula is C71H59NS. The molecule has 0 spiro atoms. The second kappa shape index (κ2) is 18.6. The lowest BCUT2D eigenvalue weighted by Crippen LogP contribution is -2.39. The summed E-state index contributed by atoms with van der Waals surface area (Å²) >= 11 is 2.07. The topological polar surface area (TPSA) is 3.24 Å².